The molecule has 3 aliphatic carbocycles. The zero-order valence-corrected chi connectivity index (χ0v) is 7.60. The molecule has 3 rings (SSSR count). The van der Waals surface area contributed by atoms with Gasteiger partial charge in [-0.3, -0.25) is 0 Å². The molecule has 0 radical (unpaired) electrons. The maximum atomic E-state index is 8.25. The first-order chi connectivity index (χ1) is 5.68. The fraction of sp³-hybridized carbons (Fsp3) is 1.00. The van der Waals surface area contributed by atoms with Crippen molar-refractivity contribution >= 4 is 0 Å². The van der Waals surface area contributed by atoms with Gasteiger partial charge in [0.2, 0.25) is 0 Å². The highest BCUT2D eigenvalue weighted by Gasteiger charge is 2.28. The molecule has 2 unspecified atom stereocenters. The molecule has 0 amide bonds. The van der Waals surface area contributed by atoms with Crippen LogP contribution < -0.4 is 0 Å². The summed E-state index contributed by atoms with van der Waals surface area (Å²) in [5, 5.41) is 0. The second-order valence-electron chi connectivity index (χ2n) is 4.48. The molecule has 11 heavy (non-hydrogen) atoms. The molecule has 0 saturated heterocycles. The second-order valence-corrected chi connectivity index (χ2v) is 4.48. The van der Waals surface area contributed by atoms with Crippen LogP contribution in [0.2, 0.25) is 0 Å². The smallest absolute Gasteiger partial charge is 0.0303 e. The SMILES string of the molecule is [2H][C@]1(C)CC2CCCCC1CC2. The van der Waals surface area contributed by atoms with Crippen LogP contribution in [0.4, 0.5) is 0 Å². The van der Waals surface area contributed by atoms with E-state index in [-0.39, 0.29) is 5.89 Å². The van der Waals surface area contributed by atoms with Gasteiger partial charge in [-0.2, -0.15) is 0 Å². The molecule has 0 aromatic rings. The standard InChI is InChI=1S/C11H20/c1-9-8-10-4-2-3-5-11(9)7-6-10/h9-11H,2-8H2,1H3/t9-,10?,11?/m0/s1/i9D. The van der Waals surface area contributed by atoms with Crippen LogP contribution in [0, 0.1) is 17.7 Å². The normalized spacial score (nSPS) is 53.0. The van der Waals surface area contributed by atoms with Gasteiger partial charge in [-0.15, -0.1) is 0 Å². The summed E-state index contributed by atoms with van der Waals surface area (Å²) < 4.78 is 8.25. The number of hydrogen-bond donors (Lipinski definition) is 0. The van der Waals surface area contributed by atoms with E-state index >= 15 is 0 Å². The quantitative estimate of drug-likeness (QED) is 0.498. The lowest BCUT2D eigenvalue weighted by Crippen LogP contribution is -2.25. The fourth-order valence-corrected chi connectivity index (χ4v) is 2.87. The van der Waals surface area contributed by atoms with Gasteiger partial charge in [0.1, 0.15) is 0 Å². The van der Waals surface area contributed by atoms with Crippen molar-refractivity contribution in [3.8, 4) is 0 Å². The lowest BCUT2D eigenvalue weighted by molar-refractivity contribution is 0.151. The Morgan fingerprint density at radius 2 is 1.91 bits per heavy atom. The van der Waals surface area contributed by atoms with Crippen LogP contribution in [0.25, 0.3) is 0 Å². The Labute approximate surface area is 71.8 Å². The van der Waals surface area contributed by atoms with Gasteiger partial charge in [-0.05, 0) is 30.6 Å². The third-order valence-electron chi connectivity index (χ3n) is 3.65. The summed E-state index contributed by atoms with van der Waals surface area (Å²) in [6.07, 6.45) is 9.47. The molecule has 0 aromatic carbocycles. The lowest BCUT2D eigenvalue weighted by atomic mass is 9.69. The zero-order valence-electron chi connectivity index (χ0n) is 8.60. The first-order valence-electron chi connectivity index (χ1n) is 5.68. The van der Waals surface area contributed by atoms with Crippen LogP contribution in [-0.4, -0.2) is 0 Å². The number of fused-ring (bicyclic) bond motifs is 5. The number of hydrogen-bond acceptors (Lipinski definition) is 0. The largest absolute Gasteiger partial charge is 0.0622 e. The van der Waals surface area contributed by atoms with Gasteiger partial charge < -0.3 is 0 Å². The molecule has 0 spiro atoms. The lowest BCUT2D eigenvalue weighted by Gasteiger charge is -2.36. The summed E-state index contributed by atoms with van der Waals surface area (Å²) in [5.74, 6) is 1.53. The molecule has 0 aromatic heterocycles. The highest BCUT2D eigenvalue weighted by Crippen LogP contribution is 2.40. The van der Waals surface area contributed by atoms with E-state index in [2.05, 4.69) is 6.92 Å². The van der Waals surface area contributed by atoms with Gasteiger partial charge in [-0.1, -0.05) is 39.0 Å². The van der Waals surface area contributed by atoms with Crippen molar-refractivity contribution in [2.75, 3.05) is 0 Å². The van der Waals surface area contributed by atoms with E-state index in [0.717, 1.165) is 5.92 Å². The predicted octanol–water partition coefficient (Wildman–Crippen LogP) is 3.61. The van der Waals surface area contributed by atoms with Gasteiger partial charge in [0.15, 0.2) is 0 Å². The molecule has 64 valence electrons. The van der Waals surface area contributed by atoms with E-state index < -0.39 is 0 Å². The van der Waals surface area contributed by atoms with Crippen LogP contribution >= 0.6 is 0 Å². The van der Waals surface area contributed by atoms with Crippen LogP contribution in [0.5, 0.6) is 0 Å². The maximum absolute atomic E-state index is 8.25. The topological polar surface area (TPSA) is 0 Å². The highest BCUT2D eigenvalue weighted by molar-refractivity contribution is 4.80. The van der Waals surface area contributed by atoms with E-state index in [1.165, 1.54) is 44.9 Å². The molecular weight excluding hydrogens is 132 g/mol. The monoisotopic (exact) mass is 153 g/mol. The minimum atomic E-state index is -0.0800. The van der Waals surface area contributed by atoms with E-state index in [1.807, 2.05) is 0 Å². The summed E-state index contributed by atoms with van der Waals surface area (Å²) in [5.41, 5.74) is 0. The molecule has 3 atom stereocenters. The van der Waals surface area contributed by atoms with Gasteiger partial charge in [0, 0.05) is 1.37 Å². The first-order valence-corrected chi connectivity index (χ1v) is 5.18. The van der Waals surface area contributed by atoms with Crippen LogP contribution in [0.3, 0.4) is 0 Å². The van der Waals surface area contributed by atoms with Crippen molar-refractivity contribution in [2.24, 2.45) is 17.7 Å². The maximum Gasteiger partial charge on any atom is 0.0303 e. The summed E-state index contributed by atoms with van der Waals surface area (Å²) in [7, 11) is 0. The Balaban J connectivity index is 2.11. The van der Waals surface area contributed by atoms with Crippen LogP contribution in [-0.2, 0) is 0 Å². The average molecular weight is 153 g/mol. The first kappa shape index (κ1) is 6.51. The van der Waals surface area contributed by atoms with Crippen LogP contribution in [0.15, 0.2) is 0 Å². The summed E-state index contributed by atoms with van der Waals surface area (Å²) in [6, 6.07) is 0. The molecule has 3 saturated carbocycles. The van der Waals surface area contributed by atoms with Crippen molar-refractivity contribution in [3.63, 3.8) is 0 Å². The van der Waals surface area contributed by atoms with Gasteiger partial charge >= 0.3 is 0 Å². The highest BCUT2D eigenvalue weighted by atomic mass is 14.3. The third kappa shape index (κ3) is 1.60. The minimum Gasteiger partial charge on any atom is -0.0622 e. The van der Waals surface area contributed by atoms with Crippen molar-refractivity contribution < 1.29 is 1.37 Å². The number of rotatable bonds is 0. The molecular formula is C11H20. The van der Waals surface area contributed by atoms with Crippen molar-refractivity contribution in [2.45, 2.75) is 51.9 Å². The Bertz CT molecular complexity index is 158. The van der Waals surface area contributed by atoms with E-state index in [1.54, 1.807) is 0 Å². The molecule has 0 aliphatic heterocycles. The third-order valence-corrected chi connectivity index (χ3v) is 3.65. The second kappa shape index (κ2) is 3.16. The van der Waals surface area contributed by atoms with Gasteiger partial charge in [0.25, 0.3) is 0 Å². The molecule has 0 heteroatoms. The molecule has 3 fully saturated rings. The molecule has 3 aliphatic rings. The van der Waals surface area contributed by atoms with Crippen molar-refractivity contribution in [3.05, 3.63) is 0 Å². The minimum absolute atomic E-state index is 0.0800. The molecule has 0 N–H and O–H groups in total. The average Bonchev–Trinajstić information content (AvgIpc) is 1.92. The van der Waals surface area contributed by atoms with E-state index in [4.69, 9.17) is 1.37 Å². The van der Waals surface area contributed by atoms with Crippen LogP contribution in [0.1, 0.15) is 53.2 Å². The van der Waals surface area contributed by atoms with Gasteiger partial charge in [-0.25, -0.2) is 0 Å². The molecule has 0 nitrogen and oxygen atoms in total. The Kier molecular flexibility index (Phi) is 1.87. The Hall–Kier alpha value is 0. The summed E-state index contributed by atoms with van der Waals surface area (Å²) >= 11 is 0. The fourth-order valence-electron chi connectivity index (χ4n) is 2.87. The summed E-state index contributed by atoms with van der Waals surface area (Å²) in [4.78, 5) is 0. The summed E-state index contributed by atoms with van der Waals surface area (Å²) in [6.45, 7) is 2.16. The van der Waals surface area contributed by atoms with Gasteiger partial charge in [0.05, 0.1) is 0 Å². The van der Waals surface area contributed by atoms with Crippen molar-refractivity contribution in [1.82, 2.24) is 0 Å². The molecule has 2 bridgehead atoms. The Morgan fingerprint density at radius 3 is 2.73 bits per heavy atom. The van der Waals surface area contributed by atoms with E-state index in [9.17, 15) is 0 Å². The predicted molar refractivity (Wildman–Crippen MR) is 48.5 cm³/mol. The molecule has 0 heterocycles. The van der Waals surface area contributed by atoms with Crippen molar-refractivity contribution in [1.29, 1.82) is 0 Å². The van der Waals surface area contributed by atoms with E-state index in [0.29, 0.717) is 5.92 Å². The Morgan fingerprint density at radius 1 is 1.09 bits per heavy atom. The zero-order chi connectivity index (χ0) is 8.60.